The summed E-state index contributed by atoms with van der Waals surface area (Å²) in [5.74, 6) is -0.473. The first-order valence-electron chi connectivity index (χ1n) is 13.1. The number of aromatic nitrogens is 3. The second-order valence-corrected chi connectivity index (χ2v) is 11.0. The summed E-state index contributed by atoms with van der Waals surface area (Å²) in [6.45, 7) is 10.2. The highest BCUT2D eigenvalue weighted by Crippen LogP contribution is 2.38. The molecule has 196 valence electrons. The molecule has 5 rings (SSSR count). The summed E-state index contributed by atoms with van der Waals surface area (Å²) in [5, 5.41) is 13.6. The van der Waals surface area contributed by atoms with Gasteiger partial charge in [0.25, 0.3) is 5.91 Å². The molecule has 7 nitrogen and oxygen atoms in total. The third-order valence-corrected chi connectivity index (χ3v) is 7.91. The number of aryl methyl sites for hydroxylation is 1. The van der Waals surface area contributed by atoms with Crippen LogP contribution in [-0.2, 0) is 16.8 Å². The van der Waals surface area contributed by atoms with Crippen molar-refractivity contribution in [1.82, 2.24) is 19.9 Å². The first-order valence-corrected chi connectivity index (χ1v) is 13.1. The average Bonchev–Trinajstić information content (AvgIpc) is 3.73. The van der Waals surface area contributed by atoms with Gasteiger partial charge in [0, 0.05) is 40.8 Å². The van der Waals surface area contributed by atoms with Gasteiger partial charge in [-0.25, -0.2) is 0 Å². The molecule has 2 aromatic heterocycles. The molecular formula is C31H34N4O3. The molecule has 2 heterocycles. The van der Waals surface area contributed by atoms with E-state index in [2.05, 4.69) is 28.7 Å². The summed E-state index contributed by atoms with van der Waals surface area (Å²) in [6.07, 6.45) is 5.87. The number of aliphatic carboxylic acids is 1. The van der Waals surface area contributed by atoms with Gasteiger partial charge in [-0.3, -0.25) is 19.6 Å². The first-order chi connectivity index (χ1) is 18.1. The SMILES string of the molecule is Cc1c(C)n(Cc2ccc(C(C)(C)C(=O)O)cc2)c2ccc(C(=O)N[C@@H](C)c3cncc(C4CC4)n3)cc12. The van der Waals surface area contributed by atoms with E-state index >= 15 is 0 Å². The van der Waals surface area contributed by atoms with Gasteiger partial charge >= 0.3 is 5.97 Å². The van der Waals surface area contributed by atoms with Gasteiger partial charge in [0.1, 0.15) is 0 Å². The molecule has 2 N–H and O–H groups in total. The molecule has 0 saturated heterocycles. The summed E-state index contributed by atoms with van der Waals surface area (Å²) in [4.78, 5) is 33.8. The highest BCUT2D eigenvalue weighted by molar-refractivity contribution is 5.99. The highest BCUT2D eigenvalue weighted by Gasteiger charge is 2.29. The number of hydrogen-bond acceptors (Lipinski definition) is 4. The molecule has 7 heteroatoms. The fraction of sp³-hybridized carbons (Fsp3) is 0.355. The molecule has 0 spiro atoms. The van der Waals surface area contributed by atoms with Gasteiger partial charge in [0.15, 0.2) is 0 Å². The third-order valence-electron chi connectivity index (χ3n) is 7.91. The molecule has 1 aliphatic carbocycles. The molecule has 0 radical (unpaired) electrons. The van der Waals surface area contributed by atoms with Crippen molar-refractivity contribution in [3.05, 3.63) is 94.2 Å². The van der Waals surface area contributed by atoms with Gasteiger partial charge in [-0.05, 0) is 82.3 Å². The lowest BCUT2D eigenvalue weighted by molar-refractivity contribution is -0.142. The van der Waals surface area contributed by atoms with E-state index in [1.54, 1.807) is 20.0 Å². The number of carboxylic acid groups (broad SMARTS) is 1. The van der Waals surface area contributed by atoms with Gasteiger partial charge in [0.05, 0.1) is 29.0 Å². The summed E-state index contributed by atoms with van der Waals surface area (Å²) in [6, 6.07) is 13.4. The van der Waals surface area contributed by atoms with Crippen molar-refractivity contribution in [1.29, 1.82) is 0 Å². The zero-order valence-corrected chi connectivity index (χ0v) is 22.6. The zero-order chi connectivity index (χ0) is 27.2. The molecule has 1 amide bonds. The Bertz CT molecular complexity index is 1530. The van der Waals surface area contributed by atoms with Crippen molar-refractivity contribution in [3.63, 3.8) is 0 Å². The first kappa shape index (κ1) is 25.6. The van der Waals surface area contributed by atoms with E-state index in [1.807, 2.05) is 55.6 Å². The minimum absolute atomic E-state index is 0.139. The molecule has 2 aromatic carbocycles. The molecule has 0 aliphatic heterocycles. The monoisotopic (exact) mass is 510 g/mol. The van der Waals surface area contributed by atoms with Crippen molar-refractivity contribution < 1.29 is 14.7 Å². The maximum Gasteiger partial charge on any atom is 0.313 e. The van der Waals surface area contributed by atoms with Crippen LogP contribution < -0.4 is 5.32 Å². The molecule has 38 heavy (non-hydrogen) atoms. The largest absolute Gasteiger partial charge is 0.481 e. The molecule has 4 aromatic rings. The fourth-order valence-corrected chi connectivity index (χ4v) is 4.86. The van der Waals surface area contributed by atoms with E-state index in [1.165, 1.54) is 0 Å². The van der Waals surface area contributed by atoms with Crippen LogP contribution in [0.15, 0.2) is 54.9 Å². The highest BCUT2D eigenvalue weighted by atomic mass is 16.4. The maximum atomic E-state index is 13.2. The van der Waals surface area contributed by atoms with Crippen LogP contribution in [0.3, 0.4) is 0 Å². The molecule has 1 atom stereocenters. The van der Waals surface area contributed by atoms with Gasteiger partial charge in [0.2, 0.25) is 0 Å². The predicted octanol–water partition coefficient (Wildman–Crippen LogP) is 5.83. The quantitative estimate of drug-likeness (QED) is 0.311. The van der Waals surface area contributed by atoms with E-state index in [4.69, 9.17) is 4.98 Å². The number of benzene rings is 2. The number of carbonyl (C=O) groups excluding carboxylic acids is 1. The average molecular weight is 511 g/mol. The Morgan fingerprint density at radius 2 is 1.82 bits per heavy atom. The molecule has 1 saturated carbocycles. The third kappa shape index (κ3) is 4.80. The van der Waals surface area contributed by atoms with Crippen LogP contribution in [0.5, 0.6) is 0 Å². The lowest BCUT2D eigenvalue weighted by Crippen LogP contribution is -2.28. The van der Waals surface area contributed by atoms with Gasteiger partial charge in [-0.2, -0.15) is 0 Å². The van der Waals surface area contributed by atoms with E-state index in [9.17, 15) is 14.7 Å². The fourth-order valence-electron chi connectivity index (χ4n) is 4.86. The normalized spacial score (nSPS) is 14.4. The predicted molar refractivity (Wildman–Crippen MR) is 148 cm³/mol. The van der Waals surface area contributed by atoms with E-state index in [-0.39, 0.29) is 11.9 Å². The zero-order valence-electron chi connectivity index (χ0n) is 22.6. The Morgan fingerprint density at radius 1 is 1.11 bits per heavy atom. The van der Waals surface area contributed by atoms with E-state index < -0.39 is 11.4 Å². The van der Waals surface area contributed by atoms with Crippen molar-refractivity contribution in [2.75, 3.05) is 0 Å². The van der Waals surface area contributed by atoms with Crippen molar-refractivity contribution in [2.45, 2.75) is 71.4 Å². The number of fused-ring (bicyclic) bond motifs is 1. The lowest BCUT2D eigenvalue weighted by atomic mass is 9.84. The Balaban J connectivity index is 1.36. The minimum atomic E-state index is -0.938. The maximum absolute atomic E-state index is 13.2. The summed E-state index contributed by atoms with van der Waals surface area (Å²) >= 11 is 0. The van der Waals surface area contributed by atoms with Crippen molar-refractivity contribution in [3.8, 4) is 0 Å². The smallest absolute Gasteiger partial charge is 0.313 e. The van der Waals surface area contributed by atoms with E-state index in [0.717, 1.165) is 57.5 Å². The minimum Gasteiger partial charge on any atom is -0.481 e. The van der Waals surface area contributed by atoms with Crippen LogP contribution in [0, 0.1) is 13.8 Å². The summed E-state index contributed by atoms with van der Waals surface area (Å²) in [7, 11) is 0. The molecular weight excluding hydrogens is 476 g/mol. The number of carbonyl (C=O) groups is 2. The van der Waals surface area contributed by atoms with Crippen LogP contribution in [0.2, 0.25) is 0 Å². The number of hydrogen-bond donors (Lipinski definition) is 2. The number of rotatable bonds is 8. The number of nitrogens with zero attached hydrogens (tertiary/aromatic N) is 3. The van der Waals surface area contributed by atoms with Gasteiger partial charge < -0.3 is 15.0 Å². The van der Waals surface area contributed by atoms with Crippen molar-refractivity contribution in [2.24, 2.45) is 0 Å². The Labute approximate surface area is 222 Å². The summed E-state index contributed by atoms with van der Waals surface area (Å²) in [5.41, 5.74) is 6.64. The van der Waals surface area contributed by atoms with Crippen LogP contribution in [0.25, 0.3) is 10.9 Å². The molecule has 1 aliphatic rings. The topological polar surface area (TPSA) is 97.1 Å². The summed E-state index contributed by atoms with van der Waals surface area (Å²) < 4.78 is 2.24. The van der Waals surface area contributed by atoms with Crippen LogP contribution >= 0.6 is 0 Å². The van der Waals surface area contributed by atoms with Crippen LogP contribution in [-0.4, -0.2) is 31.5 Å². The molecule has 0 bridgehead atoms. The van der Waals surface area contributed by atoms with Crippen LogP contribution in [0.4, 0.5) is 0 Å². The molecule has 1 fully saturated rings. The van der Waals surface area contributed by atoms with Gasteiger partial charge in [-0.1, -0.05) is 24.3 Å². The number of nitrogens with one attached hydrogen (secondary N) is 1. The van der Waals surface area contributed by atoms with Crippen LogP contribution in [0.1, 0.15) is 89.7 Å². The number of carboxylic acids is 1. The van der Waals surface area contributed by atoms with E-state index in [0.29, 0.717) is 18.0 Å². The Hall–Kier alpha value is -4.00. The van der Waals surface area contributed by atoms with Crippen molar-refractivity contribution >= 4 is 22.8 Å². The molecule has 0 unspecified atom stereocenters. The second kappa shape index (κ2) is 9.71. The Kier molecular flexibility index (Phi) is 6.55. The van der Waals surface area contributed by atoms with Gasteiger partial charge in [-0.15, -0.1) is 0 Å². The Morgan fingerprint density at radius 3 is 2.47 bits per heavy atom. The lowest BCUT2D eigenvalue weighted by Gasteiger charge is -2.20. The number of amides is 1. The standard InChI is InChI=1S/C31H34N4O3/c1-18-20(3)35(17-21-6-11-24(12-7-21)31(4,5)30(37)38)28-13-10-23(14-25(18)28)29(36)33-19(2)26-15-32-16-27(34-26)22-8-9-22/h6-7,10-16,19,22H,8-9,17H2,1-5H3,(H,33,36)(H,37,38)/t19-/m0/s1. The second-order valence-electron chi connectivity index (χ2n) is 11.0.